The minimum atomic E-state index is -0.0213. The van der Waals surface area contributed by atoms with Crippen molar-refractivity contribution in [3.63, 3.8) is 0 Å². The summed E-state index contributed by atoms with van der Waals surface area (Å²) in [5, 5.41) is 5.82. The summed E-state index contributed by atoms with van der Waals surface area (Å²) in [7, 11) is 0. The van der Waals surface area contributed by atoms with Crippen molar-refractivity contribution in [3.8, 4) is 0 Å². The molecule has 2 amide bonds. The van der Waals surface area contributed by atoms with E-state index in [9.17, 15) is 14.4 Å². The van der Waals surface area contributed by atoms with Crippen LogP contribution in [0.2, 0.25) is 0 Å². The number of Topliss-reactive ketones (excluding diaryl/α,β-unsaturated/α-hetero) is 1. The Morgan fingerprint density at radius 3 is 2.04 bits per heavy atom. The van der Waals surface area contributed by atoms with Crippen molar-refractivity contribution in [2.45, 2.75) is 65.8 Å². The average molecular weight is 399 g/mol. The first-order chi connectivity index (χ1) is 13.3. The molecular weight excluding hydrogens is 360 g/mol. The van der Waals surface area contributed by atoms with Gasteiger partial charge in [-0.1, -0.05) is 27.7 Å². The molecular formula is C21H38N2O5. The zero-order valence-electron chi connectivity index (χ0n) is 17.9. The van der Waals surface area contributed by atoms with E-state index < -0.39 is 0 Å². The van der Waals surface area contributed by atoms with E-state index in [2.05, 4.69) is 10.6 Å². The lowest BCUT2D eigenvalue weighted by Crippen LogP contribution is -2.39. The highest BCUT2D eigenvalue weighted by Gasteiger charge is 2.28. The summed E-state index contributed by atoms with van der Waals surface area (Å²) in [6.07, 6.45) is 3.81. The molecule has 28 heavy (non-hydrogen) atoms. The topological polar surface area (TPSA) is 93.7 Å². The maximum atomic E-state index is 12.0. The quantitative estimate of drug-likeness (QED) is 0.463. The van der Waals surface area contributed by atoms with Crippen LogP contribution in [0.1, 0.15) is 59.8 Å². The molecule has 0 radical (unpaired) electrons. The SMILES string of the molecule is CC(C)C(=O)NCCOCCOCCC(=O)NC1CCC(C(=O)C(C)C)CC1. The van der Waals surface area contributed by atoms with Crippen LogP contribution in [-0.4, -0.2) is 56.6 Å². The molecule has 0 unspecified atom stereocenters. The van der Waals surface area contributed by atoms with Crippen LogP contribution in [0.4, 0.5) is 0 Å². The maximum absolute atomic E-state index is 12.0. The molecule has 0 aromatic rings. The Kier molecular flexibility index (Phi) is 12.0. The molecule has 1 fully saturated rings. The van der Waals surface area contributed by atoms with Crippen LogP contribution in [0.15, 0.2) is 0 Å². The van der Waals surface area contributed by atoms with Crippen LogP contribution >= 0.6 is 0 Å². The van der Waals surface area contributed by atoms with Crippen molar-refractivity contribution < 1.29 is 23.9 Å². The second kappa shape index (κ2) is 13.7. The van der Waals surface area contributed by atoms with Crippen LogP contribution in [0.5, 0.6) is 0 Å². The molecule has 7 heteroatoms. The number of nitrogens with one attached hydrogen (secondary N) is 2. The molecule has 0 spiro atoms. The van der Waals surface area contributed by atoms with E-state index >= 15 is 0 Å². The molecule has 0 aromatic heterocycles. The van der Waals surface area contributed by atoms with Gasteiger partial charge in [0.1, 0.15) is 5.78 Å². The monoisotopic (exact) mass is 398 g/mol. The zero-order chi connectivity index (χ0) is 20.9. The molecule has 0 atom stereocenters. The van der Waals surface area contributed by atoms with Gasteiger partial charge in [-0.15, -0.1) is 0 Å². The summed E-state index contributed by atoms with van der Waals surface area (Å²) in [4.78, 5) is 35.4. The number of carbonyl (C=O) groups is 3. The third-order valence-electron chi connectivity index (χ3n) is 4.98. The first-order valence-electron chi connectivity index (χ1n) is 10.6. The summed E-state index contributed by atoms with van der Waals surface area (Å²) in [5.74, 6) is 0.600. The zero-order valence-corrected chi connectivity index (χ0v) is 17.9. The number of ether oxygens (including phenoxy) is 2. The normalized spacial score (nSPS) is 19.6. The lowest BCUT2D eigenvalue weighted by molar-refractivity contribution is -0.127. The van der Waals surface area contributed by atoms with Crippen LogP contribution < -0.4 is 10.6 Å². The molecule has 1 saturated carbocycles. The molecule has 0 bridgehead atoms. The predicted molar refractivity (Wildman–Crippen MR) is 108 cm³/mol. The molecule has 0 heterocycles. The Hall–Kier alpha value is -1.47. The highest BCUT2D eigenvalue weighted by atomic mass is 16.5. The number of rotatable bonds is 13. The molecule has 7 nitrogen and oxygen atoms in total. The fourth-order valence-electron chi connectivity index (χ4n) is 3.23. The molecule has 162 valence electrons. The summed E-state index contributed by atoms with van der Waals surface area (Å²) < 4.78 is 10.8. The second-order valence-electron chi connectivity index (χ2n) is 8.09. The number of hydrogen-bond acceptors (Lipinski definition) is 5. The van der Waals surface area contributed by atoms with Gasteiger partial charge < -0.3 is 20.1 Å². The number of carbonyl (C=O) groups excluding carboxylic acids is 3. The minimum Gasteiger partial charge on any atom is -0.379 e. The van der Waals surface area contributed by atoms with Crippen LogP contribution in [0.25, 0.3) is 0 Å². The number of amides is 2. The van der Waals surface area contributed by atoms with E-state index in [4.69, 9.17) is 9.47 Å². The average Bonchev–Trinajstić information content (AvgIpc) is 2.66. The minimum absolute atomic E-state index is 0.00375. The molecule has 0 aromatic carbocycles. The Balaban J connectivity index is 1.98. The van der Waals surface area contributed by atoms with Crippen molar-refractivity contribution in [1.29, 1.82) is 0 Å². The van der Waals surface area contributed by atoms with Gasteiger partial charge in [0.15, 0.2) is 0 Å². The van der Waals surface area contributed by atoms with E-state index in [0.29, 0.717) is 45.2 Å². The third kappa shape index (κ3) is 10.2. The maximum Gasteiger partial charge on any atom is 0.222 e. The van der Waals surface area contributed by atoms with E-state index in [1.165, 1.54) is 0 Å². The van der Waals surface area contributed by atoms with E-state index in [-0.39, 0.29) is 35.6 Å². The Labute approximate surface area is 169 Å². The van der Waals surface area contributed by atoms with Crippen molar-refractivity contribution >= 4 is 17.6 Å². The van der Waals surface area contributed by atoms with Gasteiger partial charge in [-0.2, -0.15) is 0 Å². The molecule has 1 aliphatic carbocycles. The van der Waals surface area contributed by atoms with Crippen molar-refractivity contribution in [2.24, 2.45) is 17.8 Å². The first kappa shape index (κ1) is 24.6. The molecule has 1 rings (SSSR count). The number of ketones is 1. The highest BCUT2D eigenvalue weighted by Crippen LogP contribution is 2.27. The lowest BCUT2D eigenvalue weighted by Gasteiger charge is -2.29. The first-order valence-corrected chi connectivity index (χ1v) is 10.6. The summed E-state index contributed by atoms with van der Waals surface area (Å²) in [5.41, 5.74) is 0. The summed E-state index contributed by atoms with van der Waals surface area (Å²) in [6.45, 7) is 9.76. The van der Waals surface area contributed by atoms with E-state index in [1.54, 1.807) is 0 Å². The van der Waals surface area contributed by atoms with Gasteiger partial charge in [0.05, 0.1) is 26.4 Å². The van der Waals surface area contributed by atoms with Crippen molar-refractivity contribution in [1.82, 2.24) is 10.6 Å². The summed E-state index contributed by atoms with van der Waals surface area (Å²) in [6, 6.07) is 0.174. The number of hydrogen-bond donors (Lipinski definition) is 2. The van der Waals surface area contributed by atoms with E-state index in [1.807, 2.05) is 27.7 Å². The molecule has 0 aliphatic heterocycles. The second-order valence-corrected chi connectivity index (χ2v) is 8.09. The van der Waals surface area contributed by atoms with Gasteiger partial charge in [-0.25, -0.2) is 0 Å². The van der Waals surface area contributed by atoms with Crippen molar-refractivity contribution in [2.75, 3.05) is 33.0 Å². The standard InChI is InChI=1S/C21H38N2O5/c1-15(2)20(25)17-5-7-18(8-6-17)23-19(24)9-11-27-13-14-28-12-10-22-21(26)16(3)4/h15-18H,5-14H2,1-4H3,(H,22,26)(H,23,24). The third-order valence-corrected chi connectivity index (χ3v) is 4.98. The Morgan fingerprint density at radius 1 is 0.857 bits per heavy atom. The molecule has 1 aliphatic rings. The predicted octanol–water partition coefficient (Wildman–Crippen LogP) is 2.08. The van der Waals surface area contributed by atoms with Gasteiger partial charge in [0, 0.05) is 36.8 Å². The van der Waals surface area contributed by atoms with Gasteiger partial charge >= 0.3 is 0 Å². The lowest BCUT2D eigenvalue weighted by atomic mass is 9.80. The molecule has 0 saturated heterocycles. The largest absolute Gasteiger partial charge is 0.379 e. The van der Waals surface area contributed by atoms with Crippen LogP contribution in [-0.2, 0) is 23.9 Å². The fourth-order valence-corrected chi connectivity index (χ4v) is 3.23. The van der Waals surface area contributed by atoms with Gasteiger partial charge in [-0.05, 0) is 25.7 Å². The van der Waals surface area contributed by atoms with Gasteiger partial charge in [-0.3, -0.25) is 14.4 Å². The van der Waals surface area contributed by atoms with Gasteiger partial charge in [0.25, 0.3) is 0 Å². The Morgan fingerprint density at radius 2 is 1.46 bits per heavy atom. The summed E-state index contributed by atoms with van der Waals surface area (Å²) >= 11 is 0. The Bertz CT molecular complexity index is 485. The highest BCUT2D eigenvalue weighted by molar-refractivity contribution is 5.83. The van der Waals surface area contributed by atoms with E-state index in [0.717, 1.165) is 25.7 Å². The van der Waals surface area contributed by atoms with Gasteiger partial charge in [0.2, 0.25) is 11.8 Å². The molecule has 2 N–H and O–H groups in total. The smallest absolute Gasteiger partial charge is 0.222 e. The van der Waals surface area contributed by atoms with Crippen LogP contribution in [0, 0.1) is 17.8 Å². The van der Waals surface area contributed by atoms with Crippen molar-refractivity contribution in [3.05, 3.63) is 0 Å². The fraction of sp³-hybridized carbons (Fsp3) is 0.857. The van der Waals surface area contributed by atoms with Crippen LogP contribution in [0.3, 0.4) is 0 Å².